The zero-order valence-corrected chi connectivity index (χ0v) is 26.6. The molecule has 3 aromatic rings. The Balaban J connectivity index is 1.37. The first-order chi connectivity index (χ1) is 21.2. The predicted molar refractivity (Wildman–Crippen MR) is 175 cm³/mol. The summed E-state index contributed by atoms with van der Waals surface area (Å²) in [6.07, 6.45) is 2.97. The Bertz CT molecular complexity index is 1450. The van der Waals surface area contributed by atoms with Gasteiger partial charge in [0.25, 0.3) is 11.8 Å². The minimum absolute atomic E-state index is 0.0467. The van der Waals surface area contributed by atoms with Crippen LogP contribution < -0.4 is 24.6 Å². The first kappa shape index (κ1) is 33.0. The summed E-state index contributed by atoms with van der Waals surface area (Å²) in [6.45, 7) is 2.94. The molecule has 2 amide bonds. The molecule has 0 aliphatic carbocycles. The Kier molecular flexibility index (Phi) is 11.8. The summed E-state index contributed by atoms with van der Waals surface area (Å²) in [4.78, 5) is 44.3. The van der Waals surface area contributed by atoms with Crippen molar-refractivity contribution in [2.24, 2.45) is 0 Å². The molecule has 234 valence electrons. The standard InChI is InChI=1S/C34H41ClN4O5/c1-37-19-18-36-23-29(37)30(40)13-9-6-10-20-44-32-21-25(35)14-17-28(32)39(3)34(42)27-16-15-26(22-31(27)43-4)38(2)33(41)24-11-7-5-8-12-24/h5,7-8,11-12,14-17,21-22,29,36H,6,9-10,13,18-20,23H2,1-4H3. The Morgan fingerprint density at radius 2 is 1.70 bits per heavy atom. The van der Waals surface area contributed by atoms with Crippen molar-refractivity contribution in [2.75, 3.05) is 64.3 Å². The molecular weight excluding hydrogens is 580 g/mol. The predicted octanol–water partition coefficient (Wildman–Crippen LogP) is 5.31. The minimum Gasteiger partial charge on any atom is -0.496 e. The zero-order valence-electron chi connectivity index (χ0n) is 25.8. The van der Waals surface area contributed by atoms with E-state index in [1.165, 1.54) is 16.9 Å². The fourth-order valence-corrected chi connectivity index (χ4v) is 5.38. The number of carbonyl (C=O) groups excluding carboxylic acids is 3. The Labute approximate surface area is 264 Å². The van der Waals surface area contributed by atoms with E-state index in [9.17, 15) is 14.4 Å². The molecule has 0 bridgehead atoms. The van der Waals surface area contributed by atoms with Crippen molar-refractivity contribution in [3.05, 3.63) is 82.9 Å². The summed E-state index contributed by atoms with van der Waals surface area (Å²) in [7, 11) is 6.84. The number of methoxy groups -OCH3 is 1. The van der Waals surface area contributed by atoms with Crippen LogP contribution >= 0.6 is 11.6 Å². The van der Waals surface area contributed by atoms with E-state index in [0.717, 1.165) is 32.4 Å². The van der Waals surface area contributed by atoms with Gasteiger partial charge in [-0.1, -0.05) is 29.8 Å². The molecule has 10 heteroatoms. The van der Waals surface area contributed by atoms with Crippen molar-refractivity contribution in [3.8, 4) is 11.5 Å². The maximum absolute atomic E-state index is 13.7. The number of ether oxygens (including phenoxy) is 2. The van der Waals surface area contributed by atoms with E-state index in [4.69, 9.17) is 21.1 Å². The molecule has 1 atom stereocenters. The summed E-state index contributed by atoms with van der Waals surface area (Å²) in [5.41, 5.74) is 2.05. The number of carbonyl (C=O) groups is 3. The van der Waals surface area contributed by atoms with Gasteiger partial charge in [-0.05, 0) is 62.7 Å². The van der Waals surface area contributed by atoms with Crippen LogP contribution in [-0.4, -0.2) is 83.0 Å². The summed E-state index contributed by atoms with van der Waals surface area (Å²) in [5, 5.41) is 3.79. The van der Waals surface area contributed by atoms with Crippen LogP contribution in [0.5, 0.6) is 11.5 Å². The van der Waals surface area contributed by atoms with Gasteiger partial charge in [0.1, 0.15) is 11.5 Å². The van der Waals surface area contributed by atoms with Gasteiger partial charge in [-0.2, -0.15) is 0 Å². The highest BCUT2D eigenvalue weighted by atomic mass is 35.5. The molecule has 1 saturated heterocycles. The summed E-state index contributed by atoms with van der Waals surface area (Å²) < 4.78 is 11.7. The van der Waals surface area contributed by atoms with Crippen LogP contribution in [0.2, 0.25) is 5.02 Å². The molecule has 4 rings (SSSR count). The van der Waals surface area contributed by atoms with Crippen LogP contribution in [0.3, 0.4) is 0 Å². The third-order valence-electron chi connectivity index (χ3n) is 7.92. The molecule has 9 nitrogen and oxygen atoms in total. The molecule has 1 heterocycles. The largest absolute Gasteiger partial charge is 0.496 e. The van der Waals surface area contributed by atoms with Crippen molar-refractivity contribution in [3.63, 3.8) is 0 Å². The van der Waals surface area contributed by atoms with Crippen LogP contribution in [0.15, 0.2) is 66.7 Å². The number of benzene rings is 3. The number of nitrogens with one attached hydrogen (secondary N) is 1. The number of Topliss-reactive ketones (excluding diaryl/α,β-unsaturated/α-hetero) is 1. The van der Waals surface area contributed by atoms with Gasteiger partial charge in [0, 0.05) is 68.6 Å². The number of hydrogen-bond acceptors (Lipinski definition) is 7. The number of amides is 2. The zero-order chi connectivity index (χ0) is 31.6. The number of anilines is 2. The van der Waals surface area contributed by atoms with Crippen molar-refractivity contribution >= 4 is 40.6 Å². The Hall–Kier alpha value is -3.92. The number of rotatable bonds is 13. The maximum Gasteiger partial charge on any atom is 0.261 e. The fraction of sp³-hybridized carbons (Fsp3) is 0.382. The average Bonchev–Trinajstić information content (AvgIpc) is 3.05. The van der Waals surface area contributed by atoms with Gasteiger partial charge in [-0.3, -0.25) is 19.3 Å². The molecular formula is C34H41ClN4O5. The van der Waals surface area contributed by atoms with Gasteiger partial charge >= 0.3 is 0 Å². The van der Waals surface area contributed by atoms with Crippen LogP contribution in [0, 0.1) is 0 Å². The number of likely N-dealkylation sites (N-methyl/N-ethyl adjacent to an activating group) is 1. The normalized spacial score (nSPS) is 15.0. The van der Waals surface area contributed by atoms with Crippen molar-refractivity contribution < 1.29 is 23.9 Å². The number of piperazine rings is 1. The summed E-state index contributed by atoms with van der Waals surface area (Å²) >= 11 is 6.28. The monoisotopic (exact) mass is 620 g/mol. The number of hydrogen-bond donors (Lipinski definition) is 1. The first-order valence-corrected chi connectivity index (χ1v) is 15.2. The van der Waals surface area contributed by atoms with Crippen LogP contribution in [-0.2, 0) is 4.79 Å². The number of unbranched alkanes of at least 4 members (excludes halogenated alkanes) is 2. The highest BCUT2D eigenvalue weighted by Gasteiger charge is 2.25. The minimum atomic E-state index is -0.307. The topological polar surface area (TPSA) is 91.4 Å². The van der Waals surface area contributed by atoms with Crippen LogP contribution in [0.25, 0.3) is 0 Å². The molecule has 44 heavy (non-hydrogen) atoms. The van der Waals surface area contributed by atoms with E-state index in [2.05, 4.69) is 10.2 Å². The van der Waals surface area contributed by atoms with E-state index in [1.807, 2.05) is 25.2 Å². The highest BCUT2D eigenvalue weighted by Crippen LogP contribution is 2.34. The Morgan fingerprint density at radius 3 is 2.43 bits per heavy atom. The highest BCUT2D eigenvalue weighted by molar-refractivity contribution is 6.30. The van der Waals surface area contributed by atoms with Gasteiger partial charge < -0.3 is 24.6 Å². The summed E-state index contributed by atoms with van der Waals surface area (Å²) in [6, 6.07) is 19.1. The molecule has 0 spiro atoms. The van der Waals surface area contributed by atoms with Gasteiger partial charge in [0.2, 0.25) is 0 Å². The first-order valence-electron chi connectivity index (χ1n) is 14.9. The second kappa shape index (κ2) is 15.7. The third kappa shape index (κ3) is 8.16. The molecule has 0 aromatic heterocycles. The molecule has 1 aliphatic rings. The lowest BCUT2D eigenvalue weighted by Gasteiger charge is -2.31. The van der Waals surface area contributed by atoms with E-state index < -0.39 is 0 Å². The molecule has 0 radical (unpaired) electrons. The smallest absolute Gasteiger partial charge is 0.261 e. The molecule has 3 aromatic carbocycles. The van der Waals surface area contributed by atoms with Crippen molar-refractivity contribution in [2.45, 2.75) is 31.7 Å². The number of nitrogens with zero attached hydrogens (tertiary/aromatic N) is 3. The summed E-state index contributed by atoms with van der Waals surface area (Å²) in [5.74, 6) is 0.623. The van der Waals surface area contributed by atoms with Gasteiger partial charge in [0.05, 0.1) is 31.0 Å². The lowest BCUT2D eigenvalue weighted by molar-refractivity contribution is -0.124. The Morgan fingerprint density at radius 1 is 0.932 bits per heavy atom. The second-order valence-corrected chi connectivity index (χ2v) is 11.4. The van der Waals surface area contributed by atoms with Crippen LogP contribution in [0.1, 0.15) is 46.4 Å². The molecule has 1 fully saturated rings. The van der Waals surface area contributed by atoms with Gasteiger partial charge in [-0.15, -0.1) is 0 Å². The second-order valence-electron chi connectivity index (χ2n) is 10.9. The van der Waals surface area contributed by atoms with E-state index in [0.29, 0.717) is 58.6 Å². The maximum atomic E-state index is 13.7. The van der Waals surface area contributed by atoms with Crippen LogP contribution in [0.4, 0.5) is 11.4 Å². The van der Waals surface area contributed by atoms with Crippen molar-refractivity contribution in [1.29, 1.82) is 0 Å². The SMILES string of the molecule is COc1cc(N(C)C(=O)c2ccccc2)ccc1C(=O)N(C)c1ccc(Cl)cc1OCCCCCC(=O)C1CNCCN1C. The van der Waals surface area contributed by atoms with E-state index >= 15 is 0 Å². The molecule has 1 unspecified atom stereocenters. The molecule has 1 aliphatic heterocycles. The average molecular weight is 621 g/mol. The quantitative estimate of drug-likeness (QED) is 0.259. The lowest BCUT2D eigenvalue weighted by Crippen LogP contribution is -2.53. The number of halogens is 1. The number of ketones is 1. The van der Waals surface area contributed by atoms with E-state index in [1.54, 1.807) is 62.6 Å². The third-order valence-corrected chi connectivity index (χ3v) is 8.16. The van der Waals surface area contributed by atoms with Gasteiger partial charge in [0.15, 0.2) is 5.78 Å². The fourth-order valence-electron chi connectivity index (χ4n) is 5.22. The van der Waals surface area contributed by atoms with Gasteiger partial charge in [-0.25, -0.2) is 0 Å². The van der Waals surface area contributed by atoms with Crippen molar-refractivity contribution in [1.82, 2.24) is 10.2 Å². The lowest BCUT2D eigenvalue weighted by atomic mass is 10.0. The molecule has 0 saturated carbocycles. The molecule has 1 N–H and O–H groups in total. The van der Waals surface area contributed by atoms with E-state index in [-0.39, 0.29) is 23.6 Å².